The number of aromatic carboxylic acids is 1. The first-order valence-corrected chi connectivity index (χ1v) is 4.25. The molecule has 2 rings (SSSR count). The second-order valence-corrected chi connectivity index (χ2v) is 2.96. The number of hydrogen-bond donors (Lipinski definition) is 1. The molecule has 0 aromatic carbocycles. The van der Waals surface area contributed by atoms with E-state index < -0.39 is 5.97 Å². The van der Waals surface area contributed by atoms with Gasteiger partial charge in [0.1, 0.15) is 0 Å². The lowest BCUT2D eigenvalue weighted by Crippen LogP contribution is -2.04. The molecule has 2 aromatic rings. The van der Waals surface area contributed by atoms with Crippen LogP contribution in [0.1, 0.15) is 16.1 Å². The van der Waals surface area contributed by atoms with Crippen LogP contribution < -0.4 is 0 Å². The average Bonchev–Trinajstić information content (AvgIpc) is 2.62. The van der Waals surface area contributed by atoms with E-state index in [1.54, 1.807) is 31.6 Å². The maximum absolute atomic E-state index is 10.7. The maximum atomic E-state index is 10.7. The zero-order valence-electron chi connectivity index (χ0n) is 7.95. The molecule has 0 spiro atoms. The average molecular weight is 204 g/mol. The van der Waals surface area contributed by atoms with Crippen LogP contribution in [0, 0.1) is 6.92 Å². The SMILES string of the molecule is Cc1cn(-c2ncccn2)nc1C(=O)O. The zero-order chi connectivity index (χ0) is 10.8. The van der Waals surface area contributed by atoms with E-state index in [1.807, 2.05) is 0 Å². The van der Waals surface area contributed by atoms with Crippen LogP contribution in [-0.4, -0.2) is 30.8 Å². The summed E-state index contributed by atoms with van der Waals surface area (Å²) in [7, 11) is 0. The van der Waals surface area contributed by atoms with Gasteiger partial charge in [-0.3, -0.25) is 0 Å². The topological polar surface area (TPSA) is 80.9 Å². The molecule has 0 amide bonds. The van der Waals surface area contributed by atoms with Gasteiger partial charge in [-0.1, -0.05) is 0 Å². The maximum Gasteiger partial charge on any atom is 0.356 e. The molecule has 6 heteroatoms. The Bertz CT molecular complexity index is 492. The largest absolute Gasteiger partial charge is 0.476 e. The van der Waals surface area contributed by atoms with Crippen molar-refractivity contribution in [2.45, 2.75) is 6.92 Å². The van der Waals surface area contributed by atoms with Gasteiger partial charge in [-0.05, 0) is 13.0 Å². The fourth-order valence-electron chi connectivity index (χ4n) is 1.18. The Hall–Kier alpha value is -2.24. The Morgan fingerprint density at radius 3 is 2.60 bits per heavy atom. The standard InChI is InChI=1S/C9H8N4O2/c1-6-5-13(12-7(6)8(14)15)9-10-3-2-4-11-9/h2-5H,1H3,(H,14,15). The van der Waals surface area contributed by atoms with Crippen molar-refractivity contribution < 1.29 is 9.90 Å². The summed E-state index contributed by atoms with van der Waals surface area (Å²) in [5.74, 6) is -0.699. The molecule has 0 fully saturated rings. The monoisotopic (exact) mass is 204 g/mol. The predicted octanol–water partition coefficient (Wildman–Crippen LogP) is 0.669. The van der Waals surface area contributed by atoms with Crippen molar-refractivity contribution in [2.24, 2.45) is 0 Å². The van der Waals surface area contributed by atoms with Crippen LogP contribution in [0.4, 0.5) is 0 Å². The van der Waals surface area contributed by atoms with Crippen LogP contribution in [-0.2, 0) is 0 Å². The Kier molecular flexibility index (Phi) is 2.17. The Morgan fingerprint density at radius 1 is 1.40 bits per heavy atom. The van der Waals surface area contributed by atoms with E-state index in [0.29, 0.717) is 11.5 Å². The van der Waals surface area contributed by atoms with E-state index in [-0.39, 0.29) is 5.69 Å². The summed E-state index contributed by atoms with van der Waals surface area (Å²) in [5, 5.41) is 12.7. The van der Waals surface area contributed by atoms with E-state index >= 15 is 0 Å². The van der Waals surface area contributed by atoms with Gasteiger partial charge in [0.25, 0.3) is 0 Å². The van der Waals surface area contributed by atoms with E-state index in [9.17, 15) is 4.79 Å². The summed E-state index contributed by atoms with van der Waals surface area (Å²) < 4.78 is 1.35. The smallest absolute Gasteiger partial charge is 0.356 e. The molecule has 0 aliphatic heterocycles. The molecule has 15 heavy (non-hydrogen) atoms. The minimum atomic E-state index is -1.05. The molecular formula is C9H8N4O2. The highest BCUT2D eigenvalue weighted by Gasteiger charge is 2.13. The number of aryl methyl sites for hydroxylation is 1. The molecule has 2 aromatic heterocycles. The van der Waals surface area contributed by atoms with Gasteiger partial charge in [-0.15, -0.1) is 0 Å². The quantitative estimate of drug-likeness (QED) is 0.777. The highest BCUT2D eigenvalue weighted by atomic mass is 16.4. The first kappa shape index (κ1) is 9.32. The molecule has 0 unspecified atom stereocenters. The number of aromatic nitrogens is 4. The van der Waals surface area contributed by atoms with Crippen LogP contribution in [0.25, 0.3) is 5.95 Å². The fraction of sp³-hybridized carbons (Fsp3) is 0.111. The van der Waals surface area contributed by atoms with Crippen molar-refractivity contribution in [3.63, 3.8) is 0 Å². The zero-order valence-corrected chi connectivity index (χ0v) is 7.95. The number of carboxylic acids is 1. The Balaban J connectivity index is 2.48. The molecule has 0 radical (unpaired) electrons. The van der Waals surface area contributed by atoms with Gasteiger partial charge in [0, 0.05) is 24.2 Å². The van der Waals surface area contributed by atoms with Gasteiger partial charge < -0.3 is 5.11 Å². The lowest BCUT2D eigenvalue weighted by Gasteiger charge is -1.95. The predicted molar refractivity (Wildman–Crippen MR) is 50.9 cm³/mol. The highest BCUT2D eigenvalue weighted by Crippen LogP contribution is 2.07. The summed E-state index contributed by atoms with van der Waals surface area (Å²) in [4.78, 5) is 18.7. The van der Waals surface area contributed by atoms with Crippen molar-refractivity contribution in [1.82, 2.24) is 19.7 Å². The van der Waals surface area contributed by atoms with Gasteiger partial charge in [0.05, 0.1) is 0 Å². The lowest BCUT2D eigenvalue weighted by atomic mass is 10.3. The molecule has 2 heterocycles. The van der Waals surface area contributed by atoms with E-state index in [0.717, 1.165) is 0 Å². The minimum absolute atomic E-state index is 0.0162. The van der Waals surface area contributed by atoms with Crippen molar-refractivity contribution in [2.75, 3.05) is 0 Å². The van der Waals surface area contributed by atoms with Crippen molar-refractivity contribution in [3.05, 3.63) is 35.9 Å². The first-order valence-electron chi connectivity index (χ1n) is 4.25. The third kappa shape index (κ3) is 1.69. The molecule has 0 bridgehead atoms. The fourth-order valence-corrected chi connectivity index (χ4v) is 1.18. The molecule has 0 atom stereocenters. The lowest BCUT2D eigenvalue weighted by molar-refractivity contribution is 0.0689. The first-order chi connectivity index (χ1) is 7.18. The van der Waals surface area contributed by atoms with Gasteiger partial charge in [-0.25, -0.2) is 19.4 Å². The second-order valence-electron chi connectivity index (χ2n) is 2.96. The Morgan fingerprint density at radius 2 is 2.07 bits per heavy atom. The summed E-state index contributed by atoms with van der Waals surface area (Å²) >= 11 is 0. The summed E-state index contributed by atoms with van der Waals surface area (Å²) in [6.07, 6.45) is 4.72. The van der Waals surface area contributed by atoms with Crippen LogP contribution >= 0.6 is 0 Å². The molecule has 0 saturated heterocycles. The molecular weight excluding hydrogens is 196 g/mol. The van der Waals surface area contributed by atoms with E-state index in [4.69, 9.17) is 5.11 Å². The Labute approximate surface area is 85.2 Å². The van der Waals surface area contributed by atoms with Gasteiger partial charge in [0.15, 0.2) is 5.69 Å². The number of carboxylic acid groups (broad SMARTS) is 1. The van der Waals surface area contributed by atoms with Crippen molar-refractivity contribution >= 4 is 5.97 Å². The number of rotatable bonds is 2. The van der Waals surface area contributed by atoms with Crippen molar-refractivity contribution in [1.29, 1.82) is 0 Å². The summed E-state index contributed by atoms with van der Waals surface area (Å²) in [6, 6.07) is 1.68. The second kappa shape index (κ2) is 3.49. The minimum Gasteiger partial charge on any atom is -0.476 e. The van der Waals surface area contributed by atoms with Crippen LogP contribution in [0.2, 0.25) is 0 Å². The summed E-state index contributed by atoms with van der Waals surface area (Å²) in [5.41, 5.74) is 0.595. The third-order valence-electron chi connectivity index (χ3n) is 1.86. The molecule has 76 valence electrons. The molecule has 0 aliphatic rings. The van der Waals surface area contributed by atoms with E-state index in [2.05, 4.69) is 15.1 Å². The third-order valence-corrected chi connectivity index (χ3v) is 1.86. The highest BCUT2D eigenvalue weighted by molar-refractivity contribution is 5.86. The number of nitrogens with zero attached hydrogens (tertiary/aromatic N) is 4. The van der Waals surface area contributed by atoms with Gasteiger partial charge in [-0.2, -0.15) is 5.10 Å². The number of carbonyl (C=O) groups is 1. The van der Waals surface area contributed by atoms with Gasteiger partial charge >= 0.3 is 5.97 Å². The molecule has 0 aliphatic carbocycles. The molecule has 6 nitrogen and oxygen atoms in total. The molecule has 1 N–H and O–H groups in total. The number of hydrogen-bond acceptors (Lipinski definition) is 4. The van der Waals surface area contributed by atoms with Crippen LogP contribution in [0.15, 0.2) is 24.7 Å². The van der Waals surface area contributed by atoms with Crippen LogP contribution in [0.3, 0.4) is 0 Å². The summed E-state index contributed by atoms with van der Waals surface area (Å²) in [6.45, 7) is 1.68. The van der Waals surface area contributed by atoms with E-state index in [1.165, 1.54) is 4.68 Å². The molecule has 0 saturated carbocycles. The van der Waals surface area contributed by atoms with Crippen molar-refractivity contribution in [3.8, 4) is 5.95 Å². The van der Waals surface area contributed by atoms with Gasteiger partial charge in [0.2, 0.25) is 5.95 Å². The normalized spacial score (nSPS) is 10.2. The van der Waals surface area contributed by atoms with Crippen LogP contribution in [0.5, 0.6) is 0 Å².